The van der Waals surface area contributed by atoms with Crippen LogP contribution < -0.4 is 0 Å². The van der Waals surface area contributed by atoms with E-state index < -0.39 is 26.5 Å². The van der Waals surface area contributed by atoms with Gasteiger partial charge in [-0.3, -0.25) is 0 Å². The van der Waals surface area contributed by atoms with Crippen molar-refractivity contribution in [3.05, 3.63) is 36.1 Å². The average Bonchev–Trinajstić information content (AvgIpc) is 3.17. The second kappa shape index (κ2) is 6.32. The lowest BCUT2D eigenvalue weighted by Gasteiger charge is -2.20. The molecule has 7 nitrogen and oxygen atoms in total. The van der Waals surface area contributed by atoms with Crippen molar-refractivity contribution < 1.29 is 21.9 Å². The third kappa shape index (κ3) is 3.97. The van der Waals surface area contributed by atoms with Gasteiger partial charge in [-0.2, -0.15) is 18.2 Å². The normalized spacial score (nSPS) is 15.1. The minimum atomic E-state index is -4.70. The lowest BCUT2D eigenvalue weighted by Crippen LogP contribution is -2.26. The summed E-state index contributed by atoms with van der Waals surface area (Å²) in [6.07, 6.45) is 0.129. The molecule has 0 aliphatic rings. The molecule has 1 unspecified atom stereocenters. The molecule has 0 saturated carbocycles. The maximum absolute atomic E-state index is 12.6. The summed E-state index contributed by atoms with van der Waals surface area (Å²) in [5.74, 6) is -1.57. The Kier molecular flexibility index (Phi) is 4.53. The predicted molar refractivity (Wildman–Crippen MR) is 93.4 cm³/mol. The quantitative estimate of drug-likeness (QED) is 0.666. The summed E-state index contributed by atoms with van der Waals surface area (Å²) in [6.45, 7) is 5.74. The molecule has 11 heteroatoms. The lowest BCUT2D eigenvalue weighted by atomic mass is 10.3. The third-order valence-electron chi connectivity index (χ3n) is 4.04. The van der Waals surface area contributed by atoms with Gasteiger partial charge in [0.05, 0.1) is 12.2 Å². The van der Waals surface area contributed by atoms with E-state index in [2.05, 4.69) is 24.0 Å². The second-order valence-electron chi connectivity index (χ2n) is 7.04. The van der Waals surface area contributed by atoms with E-state index in [1.54, 1.807) is 35.2 Å². The van der Waals surface area contributed by atoms with Gasteiger partial charge in [-0.05, 0) is 32.9 Å². The number of aromatic nitrogens is 4. The van der Waals surface area contributed by atoms with Crippen molar-refractivity contribution >= 4 is 15.4 Å². The van der Waals surface area contributed by atoms with Crippen LogP contribution in [0.25, 0.3) is 17.0 Å². The molecule has 0 saturated heterocycles. The van der Waals surface area contributed by atoms with Crippen LogP contribution in [0.3, 0.4) is 0 Å². The van der Waals surface area contributed by atoms with Crippen LogP contribution in [0.15, 0.2) is 33.4 Å². The molecule has 0 bridgehead atoms. The SMILES string of the molecule is CC(C)(C)S(C)(=O)=NCc1cn2cc(-c3noc(C(F)(F)F)n3)ccc2n1. The fraction of sp³-hybridized carbons (Fsp3) is 0.438. The number of pyridine rings is 1. The number of imidazole rings is 1. The van der Waals surface area contributed by atoms with E-state index in [4.69, 9.17) is 0 Å². The van der Waals surface area contributed by atoms with Gasteiger partial charge in [0, 0.05) is 38.7 Å². The smallest absolute Gasteiger partial charge is 0.329 e. The number of fused-ring (bicyclic) bond motifs is 1. The molecule has 0 spiro atoms. The minimum Gasteiger partial charge on any atom is -0.329 e. The van der Waals surface area contributed by atoms with Gasteiger partial charge in [0.15, 0.2) is 0 Å². The topological polar surface area (TPSA) is 85.7 Å². The van der Waals surface area contributed by atoms with Gasteiger partial charge >= 0.3 is 12.1 Å². The summed E-state index contributed by atoms with van der Waals surface area (Å²) in [5, 5.41) is 3.37. The Morgan fingerprint density at radius 2 is 1.89 bits per heavy atom. The Labute approximate surface area is 153 Å². The third-order valence-corrected chi connectivity index (χ3v) is 6.93. The Morgan fingerprint density at radius 1 is 1.19 bits per heavy atom. The molecule has 0 fully saturated rings. The van der Waals surface area contributed by atoms with Crippen molar-refractivity contribution in [1.29, 1.82) is 0 Å². The largest absolute Gasteiger partial charge is 0.471 e. The van der Waals surface area contributed by atoms with Gasteiger partial charge in [0.2, 0.25) is 5.82 Å². The molecular weight excluding hydrogens is 383 g/mol. The van der Waals surface area contributed by atoms with Crippen molar-refractivity contribution in [1.82, 2.24) is 19.5 Å². The number of hydrogen-bond donors (Lipinski definition) is 0. The summed E-state index contributed by atoms with van der Waals surface area (Å²) in [6, 6.07) is 3.17. The number of rotatable bonds is 3. The first-order chi connectivity index (χ1) is 12.4. The predicted octanol–water partition coefficient (Wildman–Crippen LogP) is 3.80. The zero-order chi connectivity index (χ0) is 20.0. The van der Waals surface area contributed by atoms with Crippen LogP contribution in [0, 0.1) is 0 Å². The zero-order valence-electron chi connectivity index (χ0n) is 15.1. The van der Waals surface area contributed by atoms with Crippen molar-refractivity contribution in [2.75, 3.05) is 6.26 Å². The highest BCUT2D eigenvalue weighted by Crippen LogP contribution is 2.29. The van der Waals surface area contributed by atoms with Crippen LogP contribution in [0.4, 0.5) is 13.2 Å². The minimum absolute atomic E-state index is 0.171. The van der Waals surface area contributed by atoms with Crippen molar-refractivity contribution in [2.45, 2.75) is 38.2 Å². The average molecular weight is 401 g/mol. The highest BCUT2D eigenvalue weighted by atomic mass is 32.2. The molecule has 146 valence electrons. The van der Waals surface area contributed by atoms with Crippen LogP contribution in [0.1, 0.15) is 32.4 Å². The number of halogens is 3. The van der Waals surface area contributed by atoms with E-state index >= 15 is 0 Å². The summed E-state index contributed by atoms with van der Waals surface area (Å²) >= 11 is 0. The standard InChI is InChI=1S/C16H18F3N5O2S/c1-15(2,3)27(4,25)20-7-11-9-24-8-10(5-6-12(24)21-11)13-22-14(26-23-13)16(17,18)19/h5-6,8-9H,7H2,1-4H3. The number of hydrogen-bond acceptors (Lipinski definition) is 6. The Bertz CT molecular complexity index is 1100. The van der Waals surface area contributed by atoms with Gasteiger partial charge in [0.1, 0.15) is 5.65 Å². The van der Waals surface area contributed by atoms with Gasteiger partial charge in [0.25, 0.3) is 0 Å². The summed E-state index contributed by atoms with van der Waals surface area (Å²) < 4.78 is 60.1. The number of nitrogens with zero attached hydrogens (tertiary/aromatic N) is 5. The van der Waals surface area contributed by atoms with Crippen molar-refractivity contribution in [3.8, 4) is 11.4 Å². The van der Waals surface area contributed by atoms with Crippen LogP contribution in [0.2, 0.25) is 0 Å². The summed E-state index contributed by atoms with van der Waals surface area (Å²) in [7, 11) is -2.41. The van der Waals surface area contributed by atoms with Crippen LogP contribution in [-0.4, -0.2) is 34.7 Å². The maximum Gasteiger partial charge on any atom is 0.471 e. The molecule has 3 aromatic rings. The molecule has 3 heterocycles. The van der Waals surface area contributed by atoms with Gasteiger partial charge in [-0.25, -0.2) is 13.6 Å². The van der Waals surface area contributed by atoms with Gasteiger partial charge in [-0.15, -0.1) is 0 Å². The summed E-state index contributed by atoms with van der Waals surface area (Å²) in [5.41, 5.74) is 1.51. The first-order valence-corrected chi connectivity index (χ1v) is 9.85. The Hall–Kier alpha value is -2.43. The molecule has 0 aliphatic carbocycles. The first-order valence-electron chi connectivity index (χ1n) is 7.93. The van der Waals surface area contributed by atoms with Crippen molar-refractivity contribution in [2.24, 2.45) is 4.36 Å². The van der Waals surface area contributed by atoms with Crippen LogP contribution in [-0.2, 0) is 22.5 Å². The molecule has 27 heavy (non-hydrogen) atoms. The number of alkyl halides is 3. The Balaban J connectivity index is 1.91. The van der Waals surface area contributed by atoms with E-state index in [9.17, 15) is 17.4 Å². The molecule has 3 aromatic heterocycles. The molecule has 1 atom stereocenters. The highest BCUT2D eigenvalue weighted by Gasteiger charge is 2.38. The van der Waals surface area contributed by atoms with E-state index in [0.717, 1.165) is 0 Å². The van der Waals surface area contributed by atoms with E-state index in [0.29, 0.717) is 16.9 Å². The zero-order valence-corrected chi connectivity index (χ0v) is 15.9. The maximum atomic E-state index is 12.6. The van der Waals surface area contributed by atoms with Gasteiger partial charge in [-0.1, -0.05) is 5.16 Å². The Morgan fingerprint density at radius 3 is 2.48 bits per heavy atom. The first kappa shape index (κ1) is 19.3. The molecule has 0 amide bonds. The molecule has 0 aromatic carbocycles. The monoisotopic (exact) mass is 401 g/mol. The molecule has 0 radical (unpaired) electrons. The molecule has 0 aliphatic heterocycles. The van der Waals surface area contributed by atoms with Crippen LogP contribution >= 0.6 is 0 Å². The fourth-order valence-electron chi connectivity index (χ4n) is 2.09. The van der Waals surface area contributed by atoms with Gasteiger partial charge < -0.3 is 8.92 Å². The molecule has 3 rings (SSSR count). The van der Waals surface area contributed by atoms with Crippen LogP contribution in [0.5, 0.6) is 0 Å². The lowest BCUT2D eigenvalue weighted by molar-refractivity contribution is -0.159. The van der Waals surface area contributed by atoms with E-state index in [-0.39, 0.29) is 12.4 Å². The van der Waals surface area contributed by atoms with E-state index in [1.807, 2.05) is 20.8 Å². The van der Waals surface area contributed by atoms with E-state index in [1.165, 1.54) is 0 Å². The highest BCUT2D eigenvalue weighted by molar-refractivity contribution is 7.94. The van der Waals surface area contributed by atoms with Crippen molar-refractivity contribution in [3.63, 3.8) is 0 Å². The molecular formula is C16H18F3N5O2S. The summed E-state index contributed by atoms with van der Waals surface area (Å²) in [4.78, 5) is 7.74. The second-order valence-corrected chi connectivity index (χ2v) is 10.1. The fourth-order valence-corrected chi connectivity index (χ4v) is 2.86. The molecule has 0 N–H and O–H groups in total.